The van der Waals surface area contributed by atoms with Gasteiger partial charge in [0, 0.05) is 24.7 Å². The van der Waals surface area contributed by atoms with Crippen LogP contribution in [0.1, 0.15) is 11.1 Å². The highest BCUT2D eigenvalue weighted by molar-refractivity contribution is 5.44. The molecule has 1 aliphatic heterocycles. The fraction of sp³-hybridized carbons (Fsp3) is 0.400. The minimum absolute atomic E-state index is 0.0923. The molecule has 5 heteroatoms. The Kier molecular flexibility index (Phi) is 2.21. The van der Waals surface area contributed by atoms with Gasteiger partial charge in [-0.15, -0.1) is 0 Å². The number of rotatable bonds is 2. The van der Waals surface area contributed by atoms with Crippen LogP contribution in [0.15, 0.2) is 18.2 Å². The standard InChI is InChI=1S/C10H12N2O3/c1-7-4-8(10(13)5-11-6-10)2-3-9(7)12(14)15/h2-4,11,13H,5-6H2,1H3. The molecule has 0 radical (unpaired) electrons. The molecule has 0 unspecified atom stereocenters. The van der Waals surface area contributed by atoms with Gasteiger partial charge in [0.25, 0.3) is 5.69 Å². The fourth-order valence-electron chi connectivity index (χ4n) is 1.72. The highest BCUT2D eigenvalue weighted by Crippen LogP contribution is 2.29. The van der Waals surface area contributed by atoms with E-state index < -0.39 is 10.5 Å². The van der Waals surface area contributed by atoms with Gasteiger partial charge in [0.15, 0.2) is 0 Å². The summed E-state index contributed by atoms with van der Waals surface area (Å²) >= 11 is 0. The van der Waals surface area contributed by atoms with E-state index in [1.807, 2.05) is 0 Å². The number of aliphatic hydroxyl groups is 1. The van der Waals surface area contributed by atoms with Crippen molar-refractivity contribution in [3.63, 3.8) is 0 Å². The van der Waals surface area contributed by atoms with Gasteiger partial charge in [-0.25, -0.2) is 0 Å². The molecule has 0 aromatic heterocycles. The molecule has 0 amide bonds. The highest BCUT2D eigenvalue weighted by Gasteiger charge is 2.36. The third-order valence-electron chi connectivity index (χ3n) is 2.77. The van der Waals surface area contributed by atoms with E-state index in [0.717, 1.165) is 5.56 Å². The summed E-state index contributed by atoms with van der Waals surface area (Å²) in [7, 11) is 0. The van der Waals surface area contributed by atoms with Crippen LogP contribution in [0.25, 0.3) is 0 Å². The van der Waals surface area contributed by atoms with Crippen molar-refractivity contribution in [1.82, 2.24) is 5.32 Å². The first-order valence-electron chi connectivity index (χ1n) is 4.71. The minimum Gasteiger partial charge on any atom is -0.382 e. The molecular formula is C10H12N2O3. The summed E-state index contributed by atoms with van der Waals surface area (Å²) in [4.78, 5) is 10.2. The van der Waals surface area contributed by atoms with Gasteiger partial charge >= 0.3 is 0 Å². The Balaban J connectivity index is 2.37. The van der Waals surface area contributed by atoms with Crippen LogP contribution >= 0.6 is 0 Å². The fourth-order valence-corrected chi connectivity index (χ4v) is 1.72. The quantitative estimate of drug-likeness (QED) is 0.554. The van der Waals surface area contributed by atoms with Crippen LogP contribution in [-0.4, -0.2) is 23.1 Å². The molecule has 2 rings (SSSR count). The topological polar surface area (TPSA) is 75.4 Å². The summed E-state index contributed by atoms with van der Waals surface area (Å²) in [6.07, 6.45) is 0. The molecule has 1 aromatic rings. The summed E-state index contributed by atoms with van der Waals surface area (Å²) in [5.41, 5.74) is 0.566. The van der Waals surface area contributed by atoms with Crippen molar-refractivity contribution in [2.24, 2.45) is 0 Å². The zero-order chi connectivity index (χ0) is 11.1. The number of nitro groups is 1. The first-order chi connectivity index (χ1) is 7.03. The molecule has 1 saturated heterocycles. The SMILES string of the molecule is Cc1cc(C2(O)CNC2)ccc1[N+](=O)[O-]. The lowest BCUT2D eigenvalue weighted by Gasteiger charge is -2.38. The molecular weight excluding hydrogens is 196 g/mol. The minimum atomic E-state index is -0.847. The predicted molar refractivity (Wildman–Crippen MR) is 54.6 cm³/mol. The van der Waals surface area contributed by atoms with Crippen molar-refractivity contribution in [1.29, 1.82) is 0 Å². The number of nitrogens with one attached hydrogen (secondary N) is 1. The molecule has 1 aromatic carbocycles. The van der Waals surface area contributed by atoms with Gasteiger partial charge in [0.1, 0.15) is 5.60 Å². The number of nitro benzene ring substituents is 1. The molecule has 2 N–H and O–H groups in total. The zero-order valence-electron chi connectivity index (χ0n) is 8.36. The first kappa shape index (κ1) is 10.1. The normalized spacial score (nSPS) is 18.3. The van der Waals surface area contributed by atoms with E-state index in [1.165, 1.54) is 6.07 Å². The van der Waals surface area contributed by atoms with Crippen molar-refractivity contribution < 1.29 is 10.0 Å². The average molecular weight is 208 g/mol. The van der Waals surface area contributed by atoms with Crippen molar-refractivity contribution in [3.8, 4) is 0 Å². The summed E-state index contributed by atoms with van der Waals surface area (Å²) < 4.78 is 0. The Labute approximate surface area is 86.9 Å². The molecule has 1 heterocycles. The Morgan fingerprint density at radius 2 is 2.20 bits per heavy atom. The Morgan fingerprint density at radius 3 is 2.60 bits per heavy atom. The third kappa shape index (κ3) is 1.60. The number of nitrogens with zero attached hydrogens (tertiary/aromatic N) is 1. The Bertz CT molecular complexity index is 413. The van der Waals surface area contributed by atoms with E-state index in [2.05, 4.69) is 5.32 Å². The van der Waals surface area contributed by atoms with Gasteiger partial charge in [-0.3, -0.25) is 10.1 Å². The zero-order valence-corrected chi connectivity index (χ0v) is 8.36. The van der Waals surface area contributed by atoms with E-state index in [-0.39, 0.29) is 5.69 Å². The first-order valence-corrected chi connectivity index (χ1v) is 4.71. The van der Waals surface area contributed by atoms with E-state index in [4.69, 9.17) is 0 Å². The maximum absolute atomic E-state index is 10.6. The van der Waals surface area contributed by atoms with Gasteiger partial charge < -0.3 is 10.4 Å². The van der Waals surface area contributed by atoms with E-state index in [1.54, 1.807) is 19.1 Å². The van der Waals surface area contributed by atoms with Crippen LogP contribution in [0, 0.1) is 17.0 Å². The van der Waals surface area contributed by atoms with Gasteiger partial charge in [0.05, 0.1) is 4.92 Å². The van der Waals surface area contributed by atoms with Gasteiger partial charge in [-0.05, 0) is 24.6 Å². The maximum atomic E-state index is 10.6. The second-order valence-electron chi connectivity index (χ2n) is 3.89. The second-order valence-corrected chi connectivity index (χ2v) is 3.89. The molecule has 0 saturated carbocycles. The third-order valence-corrected chi connectivity index (χ3v) is 2.77. The molecule has 15 heavy (non-hydrogen) atoms. The number of benzene rings is 1. The smallest absolute Gasteiger partial charge is 0.272 e. The summed E-state index contributed by atoms with van der Waals surface area (Å²) in [6.45, 7) is 2.69. The van der Waals surface area contributed by atoms with Crippen LogP contribution in [0.5, 0.6) is 0 Å². The molecule has 1 aliphatic rings. The molecule has 0 atom stereocenters. The van der Waals surface area contributed by atoms with Crippen molar-refractivity contribution >= 4 is 5.69 Å². The summed E-state index contributed by atoms with van der Waals surface area (Å²) in [6, 6.07) is 4.74. The maximum Gasteiger partial charge on any atom is 0.272 e. The predicted octanol–water partition coefficient (Wildman–Crippen LogP) is 0.694. The van der Waals surface area contributed by atoms with Crippen LogP contribution in [0.2, 0.25) is 0 Å². The Morgan fingerprint density at radius 1 is 1.53 bits per heavy atom. The van der Waals surface area contributed by atoms with Crippen molar-refractivity contribution in [3.05, 3.63) is 39.4 Å². The van der Waals surface area contributed by atoms with Crippen molar-refractivity contribution in [2.75, 3.05) is 13.1 Å². The van der Waals surface area contributed by atoms with E-state index in [9.17, 15) is 15.2 Å². The van der Waals surface area contributed by atoms with Crippen LogP contribution in [-0.2, 0) is 5.60 Å². The molecule has 5 nitrogen and oxygen atoms in total. The van der Waals surface area contributed by atoms with Crippen LogP contribution < -0.4 is 5.32 Å². The Hall–Kier alpha value is -1.46. The monoisotopic (exact) mass is 208 g/mol. The van der Waals surface area contributed by atoms with E-state index in [0.29, 0.717) is 18.7 Å². The summed E-state index contributed by atoms with van der Waals surface area (Å²) in [5.74, 6) is 0. The molecule has 80 valence electrons. The van der Waals surface area contributed by atoms with Crippen LogP contribution in [0.4, 0.5) is 5.69 Å². The average Bonchev–Trinajstić information content (AvgIpc) is 2.13. The lowest BCUT2D eigenvalue weighted by atomic mass is 9.87. The number of hydrogen-bond donors (Lipinski definition) is 2. The van der Waals surface area contributed by atoms with Gasteiger partial charge in [-0.1, -0.05) is 0 Å². The van der Waals surface area contributed by atoms with Crippen LogP contribution in [0.3, 0.4) is 0 Å². The largest absolute Gasteiger partial charge is 0.382 e. The lowest BCUT2D eigenvalue weighted by Crippen LogP contribution is -2.56. The molecule has 0 spiro atoms. The molecule has 1 fully saturated rings. The van der Waals surface area contributed by atoms with Gasteiger partial charge in [-0.2, -0.15) is 0 Å². The van der Waals surface area contributed by atoms with E-state index >= 15 is 0 Å². The number of hydrogen-bond acceptors (Lipinski definition) is 4. The summed E-state index contributed by atoms with van der Waals surface area (Å²) in [5, 5.41) is 23.6. The number of aryl methyl sites for hydroxylation is 1. The number of β-amino-alcohol motifs (C(OH)–C–C–N with tert-alkyl or cyclic N) is 1. The van der Waals surface area contributed by atoms with Gasteiger partial charge in [0.2, 0.25) is 0 Å². The van der Waals surface area contributed by atoms with Crippen molar-refractivity contribution in [2.45, 2.75) is 12.5 Å². The lowest BCUT2D eigenvalue weighted by molar-refractivity contribution is -0.385. The second kappa shape index (κ2) is 3.29. The molecule has 0 bridgehead atoms. The highest BCUT2D eigenvalue weighted by atomic mass is 16.6. The molecule has 0 aliphatic carbocycles.